The molecule has 0 aromatic rings. The van der Waals surface area contributed by atoms with E-state index in [1.165, 1.54) is 7.05 Å². The van der Waals surface area contributed by atoms with Crippen LogP contribution in [-0.4, -0.2) is 54.1 Å². The van der Waals surface area contributed by atoms with Gasteiger partial charge in [-0.25, -0.2) is 13.6 Å². The third kappa shape index (κ3) is 3.13. The molecule has 0 spiro atoms. The molecule has 0 aromatic carbocycles. The predicted octanol–water partition coefficient (Wildman–Crippen LogP) is 0.342. The maximum atomic E-state index is 12.0. The number of nitrogens with zero attached hydrogens (tertiary/aromatic N) is 1. The van der Waals surface area contributed by atoms with Crippen LogP contribution in [0.25, 0.3) is 0 Å². The summed E-state index contributed by atoms with van der Waals surface area (Å²) in [5, 5.41) is 8.63. The van der Waals surface area contributed by atoms with E-state index in [-0.39, 0.29) is 12.8 Å². The van der Waals surface area contributed by atoms with Crippen LogP contribution >= 0.6 is 0 Å². The lowest BCUT2D eigenvalue weighted by Crippen LogP contribution is -2.39. The summed E-state index contributed by atoms with van der Waals surface area (Å²) in [6.07, 6.45) is -4.04. The van der Waals surface area contributed by atoms with Gasteiger partial charge in [-0.15, -0.1) is 0 Å². The SMILES string of the molecule is CN(CC(F)F)C(=O)C1CCC(C(=O)O)O1. The molecule has 0 saturated carbocycles. The zero-order chi connectivity index (χ0) is 12.3. The summed E-state index contributed by atoms with van der Waals surface area (Å²) in [6, 6.07) is 0. The summed E-state index contributed by atoms with van der Waals surface area (Å²) in [5.41, 5.74) is 0. The first-order chi connectivity index (χ1) is 7.41. The van der Waals surface area contributed by atoms with E-state index < -0.39 is 37.1 Å². The lowest BCUT2D eigenvalue weighted by Gasteiger charge is -2.20. The van der Waals surface area contributed by atoms with Gasteiger partial charge in [0.2, 0.25) is 0 Å². The summed E-state index contributed by atoms with van der Waals surface area (Å²) in [5.74, 6) is -1.73. The Hall–Kier alpha value is -1.24. The summed E-state index contributed by atoms with van der Waals surface area (Å²) < 4.78 is 29.0. The van der Waals surface area contributed by atoms with E-state index >= 15 is 0 Å². The Bertz CT molecular complexity index is 285. The first-order valence-electron chi connectivity index (χ1n) is 4.83. The summed E-state index contributed by atoms with van der Waals surface area (Å²) in [4.78, 5) is 22.9. The lowest BCUT2D eigenvalue weighted by atomic mass is 10.2. The fourth-order valence-electron chi connectivity index (χ4n) is 1.54. The molecule has 1 aliphatic heterocycles. The fourth-order valence-corrected chi connectivity index (χ4v) is 1.54. The number of carbonyl (C=O) groups is 2. The van der Waals surface area contributed by atoms with Gasteiger partial charge >= 0.3 is 5.97 Å². The third-order valence-corrected chi connectivity index (χ3v) is 2.36. The van der Waals surface area contributed by atoms with E-state index in [0.717, 1.165) is 4.90 Å². The van der Waals surface area contributed by atoms with E-state index in [9.17, 15) is 18.4 Å². The lowest BCUT2D eigenvalue weighted by molar-refractivity contribution is -0.154. The Morgan fingerprint density at radius 3 is 2.44 bits per heavy atom. The van der Waals surface area contributed by atoms with Crippen molar-refractivity contribution in [2.24, 2.45) is 0 Å². The molecule has 1 N–H and O–H groups in total. The van der Waals surface area contributed by atoms with Crippen LogP contribution in [0.4, 0.5) is 8.78 Å². The molecule has 1 heterocycles. The molecule has 0 bridgehead atoms. The van der Waals surface area contributed by atoms with Crippen molar-refractivity contribution >= 4 is 11.9 Å². The maximum Gasteiger partial charge on any atom is 0.332 e. The second-order valence-corrected chi connectivity index (χ2v) is 3.64. The van der Waals surface area contributed by atoms with Crippen molar-refractivity contribution in [1.82, 2.24) is 4.90 Å². The number of aliphatic carboxylic acids is 1. The van der Waals surface area contributed by atoms with Gasteiger partial charge in [0, 0.05) is 7.05 Å². The van der Waals surface area contributed by atoms with Gasteiger partial charge < -0.3 is 14.7 Å². The minimum absolute atomic E-state index is 0.230. The van der Waals surface area contributed by atoms with Gasteiger partial charge in [0.05, 0.1) is 6.54 Å². The molecule has 1 fully saturated rings. The fraction of sp³-hybridized carbons (Fsp3) is 0.778. The van der Waals surface area contributed by atoms with Crippen LogP contribution in [-0.2, 0) is 14.3 Å². The minimum atomic E-state index is -2.61. The number of alkyl halides is 2. The molecule has 2 atom stereocenters. The summed E-state index contributed by atoms with van der Waals surface area (Å²) in [7, 11) is 1.24. The van der Waals surface area contributed by atoms with Gasteiger partial charge in [-0.3, -0.25) is 4.79 Å². The third-order valence-electron chi connectivity index (χ3n) is 2.36. The number of amides is 1. The molecule has 16 heavy (non-hydrogen) atoms. The van der Waals surface area contributed by atoms with Crippen molar-refractivity contribution in [3.05, 3.63) is 0 Å². The highest BCUT2D eigenvalue weighted by molar-refractivity contribution is 5.82. The van der Waals surface area contributed by atoms with Crippen LogP contribution < -0.4 is 0 Å². The maximum absolute atomic E-state index is 12.0. The molecular formula is C9H13F2NO4. The number of hydrogen-bond donors (Lipinski definition) is 1. The van der Waals surface area contributed by atoms with Crippen molar-refractivity contribution in [2.75, 3.05) is 13.6 Å². The average Bonchev–Trinajstić information content (AvgIpc) is 2.64. The number of hydrogen-bond acceptors (Lipinski definition) is 3. The Balaban J connectivity index is 2.47. The van der Waals surface area contributed by atoms with Gasteiger partial charge in [0.15, 0.2) is 6.10 Å². The van der Waals surface area contributed by atoms with Gasteiger partial charge in [-0.2, -0.15) is 0 Å². The molecule has 1 aliphatic rings. The van der Waals surface area contributed by atoms with Crippen LogP contribution in [0.3, 0.4) is 0 Å². The van der Waals surface area contributed by atoms with Crippen molar-refractivity contribution in [1.29, 1.82) is 0 Å². The number of carboxylic acid groups (broad SMARTS) is 1. The van der Waals surface area contributed by atoms with E-state index in [1.54, 1.807) is 0 Å². The highest BCUT2D eigenvalue weighted by Gasteiger charge is 2.36. The van der Waals surface area contributed by atoms with E-state index in [2.05, 4.69) is 0 Å². The Kier molecular flexibility index (Phi) is 4.17. The van der Waals surface area contributed by atoms with Crippen molar-refractivity contribution in [3.63, 3.8) is 0 Å². The first-order valence-corrected chi connectivity index (χ1v) is 4.83. The monoisotopic (exact) mass is 237 g/mol. The van der Waals surface area contributed by atoms with Gasteiger partial charge in [0.1, 0.15) is 6.10 Å². The van der Waals surface area contributed by atoms with Crippen molar-refractivity contribution < 1.29 is 28.2 Å². The molecule has 1 rings (SSSR count). The molecule has 1 amide bonds. The minimum Gasteiger partial charge on any atom is -0.479 e. The van der Waals surface area contributed by atoms with Crippen LogP contribution in [0.2, 0.25) is 0 Å². The molecular weight excluding hydrogens is 224 g/mol. The van der Waals surface area contributed by atoms with Crippen molar-refractivity contribution in [3.8, 4) is 0 Å². The number of halogens is 2. The molecule has 7 heteroatoms. The normalized spacial score (nSPS) is 24.8. The van der Waals surface area contributed by atoms with Gasteiger partial charge in [-0.05, 0) is 12.8 Å². The highest BCUT2D eigenvalue weighted by atomic mass is 19.3. The Morgan fingerprint density at radius 2 is 2.00 bits per heavy atom. The summed E-state index contributed by atoms with van der Waals surface area (Å²) in [6.45, 7) is -0.670. The number of likely N-dealkylation sites (N-methyl/N-ethyl adjacent to an activating group) is 1. The van der Waals surface area contributed by atoms with Crippen LogP contribution in [0.1, 0.15) is 12.8 Å². The molecule has 92 valence electrons. The second kappa shape index (κ2) is 5.20. The number of carbonyl (C=O) groups excluding carboxylic acids is 1. The number of ether oxygens (including phenoxy) is 1. The van der Waals surface area contributed by atoms with Gasteiger partial charge in [0.25, 0.3) is 12.3 Å². The zero-order valence-electron chi connectivity index (χ0n) is 8.73. The van der Waals surface area contributed by atoms with E-state index in [0.29, 0.717) is 0 Å². The standard InChI is InChI=1S/C9H13F2NO4/c1-12(4-7(10)11)8(13)5-2-3-6(16-5)9(14)15/h5-7H,2-4H2,1H3,(H,14,15). The van der Waals surface area contributed by atoms with Gasteiger partial charge in [-0.1, -0.05) is 0 Å². The second-order valence-electron chi connectivity index (χ2n) is 3.64. The quantitative estimate of drug-likeness (QED) is 0.765. The van der Waals surface area contributed by atoms with Crippen LogP contribution in [0, 0.1) is 0 Å². The molecule has 1 saturated heterocycles. The Morgan fingerprint density at radius 1 is 1.44 bits per heavy atom. The predicted molar refractivity (Wildman–Crippen MR) is 49.2 cm³/mol. The van der Waals surface area contributed by atoms with Crippen LogP contribution in [0.5, 0.6) is 0 Å². The molecule has 0 aliphatic carbocycles. The number of rotatable bonds is 4. The first kappa shape index (κ1) is 12.8. The molecule has 0 radical (unpaired) electrons. The van der Waals surface area contributed by atoms with E-state index in [4.69, 9.17) is 9.84 Å². The molecule has 0 aromatic heterocycles. The average molecular weight is 237 g/mol. The smallest absolute Gasteiger partial charge is 0.332 e. The number of carboxylic acids is 1. The highest BCUT2D eigenvalue weighted by Crippen LogP contribution is 2.21. The van der Waals surface area contributed by atoms with Crippen molar-refractivity contribution in [2.45, 2.75) is 31.5 Å². The summed E-state index contributed by atoms with van der Waals surface area (Å²) >= 11 is 0. The Labute approximate surface area is 91.0 Å². The topological polar surface area (TPSA) is 66.8 Å². The largest absolute Gasteiger partial charge is 0.479 e. The zero-order valence-corrected chi connectivity index (χ0v) is 8.73. The molecule has 5 nitrogen and oxygen atoms in total. The van der Waals surface area contributed by atoms with E-state index in [1.807, 2.05) is 0 Å². The van der Waals surface area contributed by atoms with Crippen LogP contribution in [0.15, 0.2) is 0 Å². The molecule has 2 unspecified atom stereocenters.